The zero-order valence-electron chi connectivity index (χ0n) is 20.1. The molecule has 2 aliphatic rings. The summed E-state index contributed by atoms with van der Waals surface area (Å²) in [6, 6.07) is 7.15. The summed E-state index contributed by atoms with van der Waals surface area (Å²) in [6.07, 6.45) is 2.32. The lowest BCUT2D eigenvalue weighted by Gasteiger charge is -2.37. The van der Waals surface area contributed by atoms with Gasteiger partial charge < -0.3 is 15.5 Å². The van der Waals surface area contributed by atoms with Crippen molar-refractivity contribution >= 4 is 11.6 Å². The lowest BCUT2D eigenvalue weighted by Crippen LogP contribution is -2.51. The Kier molecular flexibility index (Phi) is 8.79. The maximum absolute atomic E-state index is 4.44. The van der Waals surface area contributed by atoms with Crippen molar-refractivity contribution in [1.82, 2.24) is 20.4 Å². The molecule has 0 atom stereocenters. The fourth-order valence-corrected chi connectivity index (χ4v) is 4.63. The van der Waals surface area contributed by atoms with Crippen LogP contribution in [0.15, 0.2) is 35.3 Å². The first-order chi connectivity index (χ1) is 15.0. The van der Waals surface area contributed by atoms with Crippen molar-refractivity contribution in [3.63, 3.8) is 0 Å². The number of likely N-dealkylation sites (tertiary alicyclic amines) is 1. The number of nitrogens with one attached hydrogen (secondary N) is 2. The van der Waals surface area contributed by atoms with Gasteiger partial charge in [-0.15, -0.1) is 0 Å². The topological polar surface area (TPSA) is 46.1 Å². The molecule has 1 aromatic carbocycles. The number of piperidine rings is 1. The first kappa shape index (κ1) is 23.6. The quantitative estimate of drug-likeness (QED) is 0.399. The van der Waals surface area contributed by atoms with E-state index in [4.69, 9.17) is 0 Å². The fraction of sp³-hybridized carbons (Fsp3) is 0.640. The van der Waals surface area contributed by atoms with Crippen molar-refractivity contribution in [2.24, 2.45) is 4.99 Å². The summed E-state index contributed by atoms with van der Waals surface area (Å²) in [7, 11) is 1.87. The molecular weight excluding hydrogens is 384 g/mol. The zero-order chi connectivity index (χ0) is 22.2. The van der Waals surface area contributed by atoms with Crippen molar-refractivity contribution in [3.8, 4) is 0 Å². The van der Waals surface area contributed by atoms with Crippen LogP contribution in [-0.4, -0.2) is 87.8 Å². The molecule has 0 aliphatic carbocycles. The van der Waals surface area contributed by atoms with E-state index in [9.17, 15) is 0 Å². The van der Waals surface area contributed by atoms with Gasteiger partial charge in [0, 0.05) is 77.7 Å². The van der Waals surface area contributed by atoms with E-state index >= 15 is 0 Å². The minimum atomic E-state index is 0.508. The van der Waals surface area contributed by atoms with Crippen molar-refractivity contribution < 1.29 is 0 Å². The van der Waals surface area contributed by atoms with Gasteiger partial charge in [0.25, 0.3) is 0 Å². The van der Waals surface area contributed by atoms with Gasteiger partial charge in [0.1, 0.15) is 0 Å². The number of guanidine groups is 1. The van der Waals surface area contributed by atoms with Crippen LogP contribution in [0.1, 0.15) is 30.9 Å². The van der Waals surface area contributed by atoms with Crippen molar-refractivity contribution in [2.45, 2.75) is 39.7 Å². The van der Waals surface area contributed by atoms with E-state index in [-0.39, 0.29) is 0 Å². The molecule has 6 nitrogen and oxygen atoms in total. The molecule has 0 unspecified atom stereocenters. The maximum Gasteiger partial charge on any atom is 0.191 e. The molecule has 2 saturated heterocycles. The van der Waals surface area contributed by atoms with Crippen LogP contribution in [0.4, 0.5) is 5.69 Å². The number of piperazine rings is 1. The molecule has 1 aromatic rings. The monoisotopic (exact) mass is 426 g/mol. The van der Waals surface area contributed by atoms with Gasteiger partial charge in [0.05, 0.1) is 0 Å². The molecule has 0 saturated carbocycles. The van der Waals surface area contributed by atoms with E-state index < -0.39 is 0 Å². The highest BCUT2D eigenvalue weighted by Crippen LogP contribution is 2.23. The molecule has 0 bridgehead atoms. The van der Waals surface area contributed by atoms with Crippen LogP contribution in [-0.2, 0) is 0 Å². The number of aryl methyl sites for hydroxylation is 1. The van der Waals surface area contributed by atoms with E-state index in [1.807, 2.05) is 7.05 Å². The van der Waals surface area contributed by atoms with Gasteiger partial charge in [-0.1, -0.05) is 24.3 Å². The highest BCUT2D eigenvalue weighted by atomic mass is 15.3. The molecule has 2 heterocycles. The van der Waals surface area contributed by atoms with Gasteiger partial charge in [-0.2, -0.15) is 0 Å². The molecule has 172 valence electrons. The minimum absolute atomic E-state index is 0.508. The van der Waals surface area contributed by atoms with E-state index in [0.29, 0.717) is 6.04 Å². The van der Waals surface area contributed by atoms with Gasteiger partial charge in [-0.3, -0.25) is 14.8 Å². The van der Waals surface area contributed by atoms with Crippen LogP contribution >= 0.6 is 0 Å². The number of benzene rings is 1. The first-order valence-corrected chi connectivity index (χ1v) is 11.8. The fourth-order valence-electron chi connectivity index (χ4n) is 4.63. The smallest absolute Gasteiger partial charge is 0.191 e. The summed E-state index contributed by atoms with van der Waals surface area (Å²) in [5, 5.41) is 7.14. The van der Waals surface area contributed by atoms with Gasteiger partial charge in [-0.25, -0.2) is 0 Å². The van der Waals surface area contributed by atoms with Crippen LogP contribution < -0.4 is 15.5 Å². The van der Waals surface area contributed by atoms with Crippen LogP contribution in [0.3, 0.4) is 0 Å². The summed E-state index contributed by atoms with van der Waals surface area (Å²) in [5.74, 6) is 0.937. The Bertz CT molecular complexity index is 742. The van der Waals surface area contributed by atoms with Gasteiger partial charge in [0.2, 0.25) is 0 Å². The SMILES string of the molecule is C=C(C)CN1CCC(NC(=NC)NCCN2CCN(c3cccc(C)c3C)CC2)CC1. The standard InChI is InChI=1S/C25H42N6/c1-20(2)19-30-12-9-23(10-13-30)28-25(26-5)27-11-14-29-15-17-31(18-16-29)24-8-6-7-21(3)22(24)4/h6-8,23H,1,9-19H2,2-5H3,(H2,26,27,28). The third kappa shape index (κ3) is 6.97. The highest BCUT2D eigenvalue weighted by molar-refractivity contribution is 5.79. The summed E-state index contributed by atoms with van der Waals surface area (Å²) in [4.78, 5) is 12.0. The van der Waals surface area contributed by atoms with E-state index in [1.54, 1.807) is 0 Å². The van der Waals surface area contributed by atoms with Crippen LogP contribution in [0.5, 0.6) is 0 Å². The molecule has 2 N–H and O–H groups in total. The van der Waals surface area contributed by atoms with Gasteiger partial charge >= 0.3 is 0 Å². The Hall–Kier alpha value is -2.05. The Morgan fingerprint density at radius 3 is 2.42 bits per heavy atom. The number of hydrogen-bond donors (Lipinski definition) is 2. The largest absolute Gasteiger partial charge is 0.369 e. The summed E-state index contributed by atoms with van der Waals surface area (Å²) in [5.41, 5.74) is 5.44. The van der Waals surface area contributed by atoms with Crippen LogP contribution in [0.2, 0.25) is 0 Å². The second kappa shape index (κ2) is 11.5. The number of nitrogens with zero attached hydrogens (tertiary/aromatic N) is 4. The average Bonchev–Trinajstić information content (AvgIpc) is 2.76. The highest BCUT2D eigenvalue weighted by Gasteiger charge is 2.21. The Balaban J connectivity index is 1.34. The number of anilines is 1. The predicted molar refractivity (Wildman–Crippen MR) is 133 cm³/mol. The van der Waals surface area contributed by atoms with Crippen LogP contribution in [0, 0.1) is 13.8 Å². The molecule has 0 amide bonds. The minimum Gasteiger partial charge on any atom is -0.369 e. The predicted octanol–water partition coefficient (Wildman–Crippen LogP) is 2.63. The number of rotatable bonds is 7. The molecule has 2 fully saturated rings. The van der Waals surface area contributed by atoms with Crippen LogP contribution in [0.25, 0.3) is 0 Å². The first-order valence-electron chi connectivity index (χ1n) is 11.8. The second-order valence-electron chi connectivity index (χ2n) is 9.20. The van der Waals surface area contributed by atoms with Crippen molar-refractivity contribution in [3.05, 3.63) is 41.5 Å². The average molecular weight is 427 g/mol. The van der Waals surface area contributed by atoms with E-state index in [1.165, 1.54) is 22.4 Å². The summed E-state index contributed by atoms with van der Waals surface area (Å²) in [6.45, 7) is 20.3. The molecule has 0 radical (unpaired) electrons. The third-order valence-corrected chi connectivity index (χ3v) is 6.66. The Morgan fingerprint density at radius 1 is 1.06 bits per heavy atom. The Labute approximate surface area is 189 Å². The molecule has 0 aromatic heterocycles. The lowest BCUT2D eigenvalue weighted by molar-refractivity contribution is 0.220. The second-order valence-corrected chi connectivity index (χ2v) is 9.20. The number of hydrogen-bond acceptors (Lipinski definition) is 4. The van der Waals surface area contributed by atoms with Gasteiger partial charge in [-0.05, 0) is 50.8 Å². The molecule has 0 spiro atoms. The molecule has 6 heteroatoms. The maximum atomic E-state index is 4.44. The lowest BCUT2D eigenvalue weighted by atomic mass is 10.0. The van der Waals surface area contributed by atoms with Crippen molar-refractivity contribution in [2.75, 3.05) is 70.9 Å². The molecule has 3 rings (SSSR count). The normalized spacial score (nSPS) is 19.5. The molecule has 31 heavy (non-hydrogen) atoms. The molecule has 2 aliphatic heterocycles. The van der Waals surface area contributed by atoms with E-state index in [2.05, 4.69) is 75.9 Å². The molecular formula is C25H42N6. The zero-order valence-corrected chi connectivity index (χ0v) is 20.1. The van der Waals surface area contributed by atoms with E-state index in [0.717, 1.165) is 77.7 Å². The summed E-state index contributed by atoms with van der Waals surface area (Å²) >= 11 is 0. The summed E-state index contributed by atoms with van der Waals surface area (Å²) < 4.78 is 0. The third-order valence-electron chi connectivity index (χ3n) is 6.66. The number of aliphatic imine (C=N–C) groups is 1. The van der Waals surface area contributed by atoms with Gasteiger partial charge in [0.15, 0.2) is 5.96 Å². The van der Waals surface area contributed by atoms with Crippen molar-refractivity contribution in [1.29, 1.82) is 0 Å². The Morgan fingerprint density at radius 2 is 1.77 bits per heavy atom.